The smallest absolute Gasteiger partial charge is 0.381 e. The molecule has 2 aromatic carbocycles. The van der Waals surface area contributed by atoms with Gasteiger partial charge in [0, 0.05) is 42.8 Å². The molecule has 0 unspecified atom stereocenters. The fourth-order valence-electron chi connectivity index (χ4n) is 4.53. The predicted octanol–water partition coefficient (Wildman–Crippen LogP) is 6.64. The molecule has 4 aromatic rings. The van der Waals surface area contributed by atoms with Crippen LogP contribution < -0.4 is 4.90 Å². The van der Waals surface area contributed by atoms with E-state index in [1.54, 1.807) is 58.2 Å². The Kier molecular flexibility index (Phi) is 6.68. The van der Waals surface area contributed by atoms with Crippen LogP contribution in [0, 0.1) is 12.5 Å². The number of hydrogen-bond acceptors (Lipinski definition) is 3. The van der Waals surface area contributed by atoms with Crippen LogP contribution in [0.3, 0.4) is 0 Å². The van der Waals surface area contributed by atoms with Crippen molar-refractivity contribution in [2.75, 3.05) is 24.7 Å². The van der Waals surface area contributed by atoms with E-state index in [0.29, 0.717) is 53.3 Å². The van der Waals surface area contributed by atoms with Crippen LogP contribution in [0.4, 0.5) is 24.5 Å². The maximum Gasteiger partial charge on any atom is 0.416 e. The summed E-state index contributed by atoms with van der Waals surface area (Å²) in [6.45, 7) is 9.03. The molecule has 0 atom stereocenters. The van der Waals surface area contributed by atoms with Gasteiger partial charge in [-0.05, 0) is 60.7 Å². The number of amides is 1. The molecular weight excluding hydrogens is 481 g/mol. The van der Waals surface area contributed by atoms with E-state index in [1.165, 1.54) is 12.1 Å². The number of carbonyl (C=O) groups excluding carboxylic acids is 1. The largest absolute Gasteiger partial charge is 0.416 e. The number of nitrogens with zero attached hydrogens (tertiary/aromatic N) is 4. The normalized spacial score (nSPS) is 14.4. The molecule has 1 aliphatic rings. The van der Waals surface area contributed by atoms with Crippen molar-refractivity contribution in [1.29, 1.82) is 0 Å². The number of ether oxygens (including phenoxy) is 1. The number of aromatic nitrogens is 2. The lowest BCUT2D eigenvalue weighted by Gasteiger charge is -2.30. The quantitative estimate of drug-likeness (QED) is 0.286. The van der Waals surface area contributed by atoms with E-state index >= 15 is 0 Å². The molecule has 0 spiro atoms. The van der Waals surface area contributed by atoms with E-state index in [0.717, 1.165) is 25.0 Å². The summed E-state index contributed by atoms with van der Waals surface area (Å²) in [6.07, 6.45) is 0.535. The van der Waals surface area contributed by atoms with Crippen LogP contribution in [0.15, 0.2) is 73.1 Å². The summed E-state index contributed by atoms with van der Waals surface area (Å²) in [5, 5.41) is 4.31. The lowest BCUT2D eigenvalue weighted by Crippen LogP contribution is -2.37. The fraction of sp³-hybridized carbons (Fsp3) is 0.250. The van der Waals surface area contributed by atoms with Gasteiger partial charge in [-0.15, -0.1) is 0 Å². The summed E-state index contributed by atoms with van der Waals surface area (Å²) in [4.78, 5) is 19.0. The zero-order valence-electron chi connectivity index (χ0n) is 19.8. The van der Waals surface area contributed by atoms with Gasteiger partial charge in [-0.3, -0.25) is 4.79 Å². The third kappa shape index (κ3) is 5.20. The minimum Gasteiger partial charge on any atom is -0.381 e. The van der Waals surface area contributed by atoms with E-state index in [4.69, 9.17) is 11.3 Å². The van der Waals surface area contributed by atoms with Crippen LogP contribution in [0.1, 0.15) is 28.8 Å². The van der Waals surface area contributed by atoms with E-state index < -0.39 is 11.7 Å². The van der Waals surface area contributed by atoms with Gasteiger partial charge in [0.25, 0.3) is 5.91 Å². The molecule has 0 N–H and O–H groups in total. The first-order valence-corrected chi connectivity index (χ1v) is 11.9. The topological polar surface area (TPSA) is 51.2 Å². The van der Waals surface area contributed by atoms with Crippen LogP contribution in [-0.2, 0) is 10.9 Å². The summed E-state index contributed by atoms with van der Waals surface area (Å²) < 4.78 is 46.1. The van der Waals surface area contributed by atoms with Crippen molar-refractivity contribution < 1.29 is 22.7 Å². The molecule has 9 heteroatoms. The minimum atomic E-state index is -4.42. The van der Waals surface area contributed by atoms with Gasteiger partial charge < -0.3 is 9.64 Å². The Balaban J connectivity index is 1.49. The summed E-state index contributed by atoms with van der Waals surface area (Å²) in [5.74, 6) is 0.0729. The monoisotopic (exact) mass is 504 g/mol. The van der Waals surface area contributed by atoms with Gasteiger partial charge in [0.2, 0.25) is 0 Å². The highest BCUT2D eigenvalue weighted by atomic mass is 19.4. The van der Waals surface area contributed by atoms with Crippen LogP contribution in [0.25, 0.3) is 21.5 Å². The van der Waals surface area contributed by atoms with E-state index in [9.17, 15) is 18.0 Å². The SMILES string of the molecule is [C-]#[N+]c1ccc(N(CC2CCOCC2)C(=O)c2ccn3ncc(-c4ccc(C(F)(F)F)cc4)c3c2)cc1. The second kappa shape index (κ2) is 10.1. The van der Waals surface area contributed by atoms with Gasteiger partial charge in [0.1, 0.15) is 0 Å². The Bertz CT molecular complexity index is 1450. The van der Waals surface area contributed by atoms with Gasteiger partial charge in [-0.2, -0.15) is 18.3 Å². The molecule has 3 heterocycles. The molecule has 0 radical (unpaired) electrons. The van der Waals surface area contributed by atoms with Crippen molar-refractivity contribution in [2.24, 2.45) is 5.92 Å². The number of hydrogen-bond donors (Lipinski definition) is 0. The molecule has 1 aliphatic heterocycles. The number of benzene rings is 2. The Labute approximate surface area is 211 Å². The summed E-state index contributed by atoms with van der Waals surface area (Å²) in [6, 6.07) is 15.2. The summed E-state index contributed by atoms with van der Waals surface area (Å²) in [7, 11) is 0. The highest BCUT2D eigenvalue weighted by Crippen LogP contribution is 2.33. The average Bonchev–Trinajstić information content (AvgIpc) is 3.35. The first-order chi connectivity index (χ1) is 17.8. The number of fused-ring (bicyclic) bond motifs is 1. The Morgan fingerprint density at radius 1 is 1.08 bits per heavy atom. The number of pyridine rings is 1. The first kappa shape index (κ1) is 24.5. The first-order valence-electron chi connectivity index (χ1n) is 11.9. The second-order valence-electron chi connectivity index (χ2n) is 8.98. The number of carbonyl (C=O) groups is 1. The lowest BCUT2D eigenvalue weighted by molar-refractivity contribution is -0.137. The molecule has 0 bridgehead atoms. The molecule has 0 saturated carbocycles. The standard InChI is InChI=1S/C28H23F3N4O2/c1-32-23-6-8-24(9-7-23)34(18-19-11-14-37-15-12-19)27(36)21-10-13-35-26(16-21)25(17-33-35)20-2-4-22(5-3-20)28(29,30)31/h2-10,13,16-17,19H,11-12,14-15,18H2. The van der Waals surface area contributed by atoms with Crippen molar-refractivity contribution >= 4 is 22.8 Å². The molecule has 1 saturated heterocycles. The van der Waals surface area contributed by atoms with Gasteiger partial charge in [-0.1, -0.05) is 24.3 Å². The molecule has 2 aromatic heterocycles. The maximum absolute atomic E-state index is 13.8. The van der Waals surface area contributed by atoms with Crippen molar-refractivity contribution in [3.63, 3.8) is 0 Å². The second-order valence-corrected chi connectivity index (χ2v) is 8.98. The van der Waals surface area contributed by atoms with Crippen molar-refractivity contribution in [2.45, 2.75) is 19.0 Å². The Morgan fingerprint density at radius 3 is 2.43 bits per heavy atom. The Hall–Kier alpha value is -4.16. The maximum atomic E-state index is 13.8. The van der Waals surface area contributed by atoms with Crippen LogP contribution in [-0.4, -0.2) is 35.3 Å². The average molecular weight is 505 g/mol. The lowest BCUT2D eigenvalue weighted by atomic mass is 9.98. The number of halogens is 3. The van der Waals surface area contributed by atoms with E-state index in [1.807, 2.05) is 0 Å². The number of rotatable bonds is 5. The third-order valence-corrected chi connectivity index (χ3v) is 6.61. The van der Waals surface area contributed by atoms with Gasteiger partial charge in [-0.25, -0.2) is 9.36 Å². The summed E-state index contributed by atoms with van der Waals surface area (Å²) in [5.41, 5.74) is 2.70. The number of anilines is 1. The molecular formula is C28H23F3N4O2. The van der Waals surface area contributed by atoms with E-state index in [-0.39, 0.29) is 11.8 Å². The highest BCUT2D eigenvalue weighted by molar-refractivity contribution is 6.07. The molecule has 37 heavy (non-hydrogen) atoms. The van der Waals surface area contributed by atoms with Crippen molar-refractivity contribution in [3.8, 4) is 11.1 Å². The van der Waals surface area contributed by atoms with Crippen LogP contribution in [0.2, 0.25) is 0 Å². The highest BCUT2D eigenvalue weighted by Gasteiger charge is 2.30. The van der Waals surface area contributed by atoms with Crippen LogP contribution >= 0.6 is 0 Å². The molecule has 0 aliphatic carbocycles. The van der Waals surface area contributed by atoms with Gasteiger partial charge >= 0.3 is 6.18 Å². The van der Waals surface area contributed by atoms with Gasteiger partial charge in [0.15, 0.2) is 5.69 Å². The fourth-order valence-corrected chi connectivity index (χ4v) is 4.53. The summed E-state index contributed by atoms with van der Waals surface area (Å²) >= 11 is 0. The molecule has 1 fully saturated rings. The van der Waals surface area contributed by atoms with Gasteiger partial charge in [0.05, 0.1) is 23.8 Å². The van der Waals surface area contributed by atoms with E-state index in [2.05, 4.69) is 9.94 Å². The zero-order valence-corrected chi connectivity index (χ0v) is 19.8. The van der Waals surface area contributed by atoms with Crippen molar-refractivity contribution in [3.05, 3.63) is 95.6 Å². The molecule has 5 rings (SSSR count). The van der Waals surface area contributed by atoms with Crippen molar-refractivity contribution in [1.82, 2.24) is 9.61 Å². The Morgan fingerprint density at radius 2 is 1.78 bits per heavy atom. The minimum absolute atomic E-state index is 0.205. The molecule has 1 amide bonds. The zero-order chi connectivity index (χ0) is 26.0. The molecule has 6 nitrogen and oxygen atoms in total. The molecule has 188 valence electrons. The number of alkyl halides is 3. The van der Waals surface area contributed by atoms with Crippen LogP contribution in [0.5, 0.6) is 0 Å². The third-order valence-electron chi connectivity index (χ3n) is 6.61. The predicted molar refractivity (Wildman–Crippen MR) is 134 cm³/mol.